The number of H-pyrrole nitrogens is 1. The van der Waals surface area contributed by atoms with Gasteiger partial charge in [-0.05, 0) is 30.3 Å². The number of hydrogen-bond donors (Lipinski definition) is 1. The Morgan fingerprint density at radius 3 is 2.58 bits per heavy atom. The molecule has 26 heavy (non-hydrogen) atoms. The lowest BCUT2D eigenvalue weighted by Crippen LogP contribution is -2.35. The smallest absolute Gasteiger partial charge is 0.329 e. The van der Waals surface area contributed by atoms with Gasteiger partial charge >= 0.3 is 5.69 Å². The number of furan rings is 1. The summed E-state index contributed by atoms with van der Waals surface area (Å²) in [5, 5.41) is 1.11. The first-order valence-corrected chi connectivity index (χ1v) is 9.66. The molecule has 0 unspecified atom stereocenters. The van der Waals surface area contributed by atoms with Gasteiger partial charge in [-0.3, -0.25) is 9.36 Å². The average Bonchev–Trinajstić information content (AvgIpc) is 3.00. The molecule has 0 fully saturated rings. The summed E-state index contributed by atoms with van der Waals surface area (Å²) in [5.74, 6) is 0.478. The SMILES string of the molecule is CS(=O)(=O)c1ccc2c(=O)n(Cc3cc4ccccc4o3)c(=O)[nH]c2c1. The highest BCUT2D eigenvalue weighted by Gasteiger charge is 2.14. The molecule has 0 aliphatic carbocycles. The molecule has 2 aromatic heterocycles. The van der Waals surface area contributed by atoms with Gasteiger partial charge in [0.1, 0.15) is 11.3 Å². The van der Waals surface area contributed by atoms with Gasteiger partial charge in [0.15, 0.2) is 9.84 Å². The third kappa shape index (κ3) is 2.74. The summed E-state index contributed by atoms with van der Waals surface area (Å²) in [5.41, 5.74) is -0.285. The van der Waals surface area contributed by atoms with Gasteiger partial charge in [-0.1, -0.05) is 18.2 Å². The summed E-state index contributed by atoms with van der Waals surface area (Å²) in [7, 11) is -3.44. The van der Waals surface area contributed by atoms with Crippen molar-refractivity contribution >= 4 is 31.7 Å². The molecule has 2 heterocycles. The summed E-state index contributed by atoms with van der Waals surface area (Å²) in [6.07, 6.45) is 1.06. The maximum atomic E-state index is 12.7. The fourth-order valence-corrected chi connectivity index (χ4v) is 3.53. The van der Waals surface area contributed by atoms with Gasteiger partial charge < -0.3 is 9.40 Å². The van der Waals surface area contributed by atoms with Crippen molar-refractivity contribution in [2.45, 2.75) is 11.4 Å². The number of nitrogens with one attached hydrogen (secondary N) is 1. The second-order valence-electron chi connectivity index (χ2n) is 6.05. The number of hydrogen-bond acceptors (Lipinski definition) is 5. The lowest BCUT2D eigenvalue weighted by molar-refractivity contribution is 0.516. The maximum absolute atomic E-state index is 12.7. The standard InChI is InChI=1S/C18H14N2O5S/c1-26(23,24)13-6-7-14-15(9-13)19-18(22)20(17(14)21)10-12-8-11-4-2-3-5-16(11)25-12/h2-9H,10H2,1H3,(H,19,22). The molecular weight excluding hydrogens is 356 g/mol. The minimum Gasteiger partial charge on any atom is -0.459 e. The third-order valence-electron chi connectivity index (χ3n) is 4.17. The molecule has 1 N–H and O–H groups in total. The number of sulfone groups is 1. The van der Waals surface area contributed by atoms with E-state index in [1.54, 1.807) is 12.1 Å². The third-order valence-corrected chi connectivity index (χ3v) is 5.28. The van der Waals surface area contributed by atoms with E-state index >= 15 is 0 Å². The Morgan fingerprint density at radius 2 is 1.85 bits per heavy atom. The fraction of sp³-hybridized carbons (Fsp3) is 0.111. The molecular formula is C18H14N2O5S. The van der Waals surface area contributed by atoms with Crippen LogP contribution >= 0.6 is 0 Å². The van der Waals surface area contributed by atoms with Crippen LogP contribution < -0.4 is 11.2 Å². The molecule has 8 heteroatoms. The van der Waals surface area contributed by atoms with Crippen LogP contribution in [-0.2, 0) is 16.4 Å². The van der Waals surface area contributed by atoms with Crippen molar-refractivity contribution < 1.29 is 12.8 Å². The van der Waals surface area contributed by atoms with Crippen molar-refractivity contribution in [3.05, 3.63) is 75.1 Å². The van der Waals surface area contributed by atoms with Crippen LogP contribution in [0.3, 0.4) is 0 Å². The molecule has 0 bridgehead atoms. The van der Waals surface area contributed by atoms with E-state index in [0.717, 1.165) is 16.2 Å². The van der Waals surface area contributed by atoms with E-state index in [2.05, 4.69) is 4.98 Å². The van der Waals surface area contributed by atoms with E-state index in [0.29, 0.717) is 11.3 Å². The second kappa shape index (κ2) is 5.70. The van der Waals surface area contributed by atoms with Gasteiger partial charge in [0.2, 0.25) is 0 Å². The molecule has 0 saturated heterocycles. The van der Waals surface area contributed by atoms with Gasteiger partial charge in [-0.15, -0.1) is 0 Å². The van der Waals surface area contributed by atoms with Crippen LogP contribution in [0.2, 0.25) is 0 Å². The number of rotatable bonds is 3. The lowest BCUT2D eigenvalue weighted by Gasteiger charge is -2.06. The summed E-state index contributed by atoms with van der Waals surface area (Å²) >= 11 is 0. The first-order valence-electron chi connectivity index (χ1n) is 7.77. The number of benzene rings is 2. The van der Waals surface area contributed by atoms with Crippen molar-refractivity contribution in [2.75, 3.05) is 6.26 Å². The number of nitrogens with zero attached hydrogens (tertiary/aromatic N) is 1. The second-order valence-corrected chi connectivity index (χ2v) is 8.07. The van der Waals surface area contributed by atoms with E-state index in [1.807, 2.05) is 18.2 Å². The topological polar surface area (TPSA) is 102 Å². The number of fused-ring (bicyclic) bond motifs is 2. The molecule has 0 aliphatic heterocycles. The van der Waals surface area contributed by atoms with Crippen LogP contribution in [-0.4, -0.2) is 24.2 Å². The highest BCUT2D eigenvalue weighted by Crippen LogP contribution is 2.19. The molecule has 4 rings (SSSR count). The van der Waals surface area contributed by atoms with Crippen molar-refractivity contribution in [3.63, 3.8) is 0 Å². The largest absolute Gasteiger partial charge is 0.459 e. The van der Waals surface area contributed by atoms with Crippen LogP contribution in [0.4, 0.5) is 0 Å². The Kier molecular flexibility index (Phi) is 3.58. The molecule has 4 aromatic rings. The fourth-order valence-electron chi connectivity index (χ4n) is 2.88. The first kappa shape index (κ1) is 16.3. The molecule has 7 nitrogen and oxygen atoms in total. The molecule has 0 atom stereocenters. The molecule has 0 aliphatic rings. The molecule has 0 spiro atoms. The Balaban J connectivity index is 1.85. The Labute approximate surface area is 147 Å². The van der Waals surface area contributed by atoms with Crippen molar-refractivity contribution in [3.8, 4) is 0 Å². The molecule has 0 radical (unpaired) electrons. The van der Waals surface area contributed by atoms with Crippen LogP contribution in [0.25, 0.3) is 21.9 Å². The normalized spacial score (nSPS) is 12.0. The number of aromatic amines is 1. The quantitative estimate of drug-likeness (QED) is 0.593. The molecule has 132 valence electrons. The predicted octanol–water partition coefficient (Wildman–Crippen LogP) is 1.89. The Morgan fingerprint density at radius 1 is 1.08 bits per heavy atom. The van der Waals surface area contributed by atoms with Crippen molar-refractivity contribution in [1.29, 1.82) is 0 Å². The summed E-state index contributed by atoms with van der Waals surface area (Å²) in [4.78, 5) is 27.6. The average molecular weight is 370 g/mol. The zero-order chi connectivity index (χ0) is 18.5. The van der Waals surface area contributed by atoms with Gasteiger partial charge in [-0.2, -0.15) is 0 Å². The van der Waals surface area contributed by atoms with Gasteiger partial charge in [0.05, 0.1) is 22.3 Å². The Bertz CT molecular complexity index is 1340. The van der Waals surface area contributed by atoms with Crippen LogP contribution in [0, 0.1) is 0 Å². The van der Waals surface area contributed by atoms with Gasteiger partial charge in [0, 0.05) is 11.6 Å². The molecule has 0 amide bonds. The number of aromatic nitrogens is 2. The lowest BCUT2D eigenvalue weighted by atomic mass is 10.2. The zero-order valence-electron chi connectivity index (χ0n) is 13.7. The summed E-state index contributed by atoms with van der Waals surface area (Å²) in [6.45, 7) is -0.0212. The zero-order valence-corrected chi connectivity index (χ0v) is 14.5. The summed E-state index contributed by atoms with van der Waals surface area (Å²) in [6, 6.07) is 13.2. The van der Waals surface area contributed by atoms with Crippen LogP contribution in [0.5, 0.6) is 0 Å². The van der Waals surface area contributed by atoms with E-state index in [4.69, 9.17) is 4.42 Å². The minimum absolute atomic E-state index is 0.0212. The highest BCUT2D eigenvalue weighted by molar-refractivity contribution is 7.90. The first-order chi connectivity index (χ1) is 12.3. The van der Waals surface area contributed by atoms with Crippen molar-refractivity contribution in [2.24, 2.45) is 0 Å². The molecule has 2 aromatic carbocycles. The number of para-hydroxylation sites is 1. The van der Waals surface area contributed by atoms with E-state index in [1.165, 1.54) is 18.2 Å². The van der Waals surface area contributed by atoms with Gasteiger partial charge in [0.25, 0.3) is 5.56 Å². The van der Waals surface area contributed by atoms with E-state index < -0.39 is 21.1 Å². The van der Waals surface area contributed by atoms with Crippen LogP contribution in [0.1, 0.15) is 5.76 Å². The van der Waals surface area contributed by atoms with Crippen molar-refractivity contribution in [1.82, 2.24) is 9.55 Å². The molecule has 0 saturated carbocycles. The van der Waals surface area contributed by atoms with E-state index in [9.17, 15) is 18.0 Å². The van der Waals surface area contributed by atoms with Crippen LogP contribution in [0.15, 0.2) is 67.4 Å². The monoisotopic (exact) mass is 370 g/mol. The predicted molar refractivity (Wildman–Crippen MR) is 97.3 cm³/mol. The Hall–Kier alpha value is -3.13. The summed E-state index contributed by atoms with van der Waals surface area (Å²) < 4.78 is 30.0. The maximum Gasteiger partial charge on any atom is 0.329 e. The minimum atomic E-state index is -3.44. The van der Waals surface area contributed by atoms with Gasteiger partial charge in [-0.25, -0.2) is 13.2 Å². The highest BCUT2D eigenvalue weighted by atomic mass is 32.2. The van der Waals surface area contributed by atoms with E-state index in [-0.39, 0.29) is 22.3 Å².